The summed E-state index contributed by atoms with van der Waals surface area (Å²) >= 11 is 2.34. The molecule has 0 saturated carbocycles. The highest BCUT2D eigenvalue weighted by atomic mass is 127. The summed E-state index contributed by atoms with van der Waals surface area (Å²) in [6, 6.07) is 6.16. The molecule has 15 heavy (non-hydrogen) atoms. The molecule has 0 amide bonds. The van der Waals surface area contributed by atoms with Crippen molar-refractivity contribution < 1.29 is 9.47 Å². The van der Waals surface area contributed by atoms with Crippen molar-refractivity contribution in [1.29, 1.82) is 0 Å². The molecule has 0 atom stereocenters. The third-order valence-corrected chi connectivity index (χ3v) is 3.60. The highest BCUT2D eigenvalue weighted by Gasteiger charge is 2.15. The van der Waals surface area contributed by atoms with E-state index in [4.69, 9.17) is 9.47 Å². The first-order valence-corrected chi connectivity index (χ1v) is 6.06. The Morgan fingerprint density at radius 3 is 2.73 bits per heavy atom. The molecule has 2 rings (SSSR count). The summed E-state index contributed by atoms with van der Waals surface area (Å²) in [7, 11) is 1.71. The predicted molar refractivity (Wildman–Crippen MR) is 68.7 cm³/mol. The fourth-order valence-electron chi connectivity index (χ4n) is 1.71. The molecule has 0 N–H and O–H groups in total. The number of hydrogen-bond acceptors (Lipinski definition) is 3. The van der Waals surface area contributed by atoms with Crippen LogP contribution in [0.3, 0.4) is 0 Å². The third-order valence-electron chi connectivity index (χ3n) is 2.51. The van der Waals surface area contributed by atoms with Crippen molar-refractivity contribution >= 4 is 28.3 Å². The highest BCUT2D eigenvalue weighted by Crippen LogP contribution is 2.30. The largest absolute Gasteiger partial charge is 0.496 e. The van der Waals surface area contributed by atoms with Gasteiger partial charge in [-0.1, -0.05) is 6.07 Å². The molecule has 1 fully saturated rings. The number of methoxy groups -OCH3 is 1. The Hall–Kier alpha value is -0.490. The van der Waals surface area contributed by atoms with Crippen LogP contribution in [0.1, 0.15) is 0 Å². The fourth-order valence-corrected chi connectivity index (χ4v) is 2.63. The number of nitrogens with zero attached hydrogens (tertiary/aromatic N) is 1. The van der Waals surface area contributed by atoms with Crippen molar-refractivity contribution in [1.82, 2.24) is 0 Å². The Morgan fingerprint density at radius 1 is 1.33 bits per heavy atom. The van der Waals surface area contributed by atoms with Gasteiger partial charge in [-0.3, -0.25) is 0 Å². The molecule has 82 valence electrons. The minimum Gasteiger partial charge on any atom is -0.496 e. The van der Waals surface area contributed by atoms with Crippen LogP contribution in [0.4, 0.5) is 5.69 Å². The van der Waals surface area contributed by atoms with E-state index in [0.29, 0.717) is 0 Å². The van der Waals surface area contributed by atoms with Gasteiger partial charge in [0.25, 0.3) is 0 Å². The molecule has 0 unspecified atom stereocenters. The van der Waals surface area contributed by atoms with Crippen molar-refractivity contribution in [3.8, 4) is 5.75 Å². The maximum absolute atomic E-state index is 5.34. The minimum absolute atomic E-state index is 0.813. The quantitative estimate of drug-likeness (QED) is 0.780. The summed E-state index contributed by atoms with van der Waals surface area (Å²) in [5, 5.41) is 0. The molecule has 3 nitrogen and oxygen atoms in total. The summed E-state index contributed by atoms with van der Waals surface area (Å²) < 4.78 is 11.8. The van der Waals surface area contributed by atoms with E-state index < -0.39 is 0 Å². The Morgan fingerprint density at radius 2 is 2.07 bits per heavy atom. The second-order valence-corrected chi connectivity index (χ2v) is 4.47. The topological polar surface area (TPSA) is 21.7 Å². The Labute approximate surface area is 103 Å². The molecular formula is C11H14INO2. The van der Waals surface area contributed by atoms with Crippen molar-refractivity contribution in [2.75, 3.05) is 38.3 Å². The van der Waals surface area contributed by atoms with Gasteiger partial charge in [0.1, 0.15) is 5.75 Å². The standard InChI is InChI=1S/C11H14INO2/c1-14-10-4-2-3-9(11(10)12)13-5-7-15-8-6-13/h2-4H,5-8H2,1H3. The van der Waals surface area contributed by atoms with Gasteiger partial charge in [0.05, 0.1) is 29.6 Å². The number of hydrogen-bond donors (Lipinski definition) is 0. The highest BCUT2D eigenvalue weighted by molar-refractivity contribution is 14.1. The predicted octanol–water partition coefficient (Wildman–Crippen LogP) is 2.14. The van der Waals surface area contributed by atoms with Crippen LogP contribution < -0.4 is 9.64 Å². The van der Waals surface area contributed by atoms with Gasteiger partial charge < -0.3 is 14.4 Å². The van der Waals surface area contributed by atoms with Gasteiger partial charge >= 0.3 is 0 Å². The smallest absolute Gasteiger partial charge is 0.134 e. The molecule has 1 aromatic carbocycles. The van der Waals surface area contributed by atoms with Crippen molar-refractivity contribution in [3.05, 3.63) is 21.8 Å². The van der Waals surface area contributed by atoms with Gasteiger partial charge in [0.2, 0.25) is 0 Å². The number of benzene rings is 1. The van der Waals surface area contributed by atoms with Gasteiger partial charge in [0.15, 0.2) is 0 Å². The molecule has 0 aromatic heterocycles. The normalized spacial score (nSPS) is 16.5. The van der Waals surface area contributed by atoms with Crippen LogP contribution in [0.5, 0.6) is 5.75 Å². The van der Waals surface area contributed by atoms with Crippen molar-refractivity contribution in [2.45, 2.75) is 0 Å². The molecule has 1 aromatic rings. The minimum atomic E-state index is 0.813. The molecule has 1 aliphatic rings. The van der Waals surface area contributed by atoms with E-state index in [0.717, 1.165) is 32.1 Å². The van der Waals surface area contributed by atoms with E-state index >= 15 is 0 Å². The monoisotopic (exact) mass is 319 g/mol. The Kier molecular flexibility index (Phi) is 3.69. The number of ether oxygens (including phenoxy) is 2. The number of rotatable bonds is 2. The molecule has 4 heteroatoms. The molecule has 0 spiro atoms. The first kappa shape index (κ1) is 11.0. The summed E-state index contributed by atoms with van der Waals surface area (Å²) in [6.45, 7) is 3.55. The number of morpholine rings is 1. The van der Waals surface area contributed by atoms with Gasteiger partial charge in [-0.25, -0.2) is 0 Å². The zero-order valence-corrected chi connectivity index (χ0v) is 10.9. The van der Waals surface area contributed by atoms with Crippen LogP contribution in [0.25, 0.3) is 0 Å². The lowest BCUT2D eigenvalue weighted by molar-refractivity contribution is 0.122. The van der Waals surface area contributed by atoms with E-state index in [9.17, 15) is 0 Å². The molecule has 1 heterocycles. The summed E-state index contributed by atoms with van der Waals surface area (Å²) in [5.41, 5.74) is 1.25. The van der Waals surface area contributed by atoms with E-state index in [1.165, 1.54) is 9.26 Å². The maximum atomic E-state index is 5.34. The van der Waals surface area contributed by atoms with Gasteiger partial charge in [-0.05, 0) is 34.7 Å². The van der Waals surface area contributed by atoms with Crippen LogP contribution in [-0.2, 0) is 4.74 Å². The van der Waals surface area contributed by atoms with Crippen molar-refractivity contribution in [3.63, 3.8) is 0 Å². The molecule has 1 aliphatic heterocycles. The van der Waals surface area contributed by atoms with E-state index in [2.05, 4.69) is 33.6 Å². The average molecular weight is 319 g/mol. The second-order valence-electron chi connectivity index (χ2n) is 3.39. The Balaban J connectivity index is 2.26. The average Bonchev–Trinajstić information content (AvgIpc) is 2.30. The van der Waals surface area contributed by atoms with Gasteiger partial charge in [0, 0.05) is 13.1 Å². The Bertz CT molecular complexity index is 337. The van der Waals surface area contributed by atoms with Crippen LogP contribution in [0.2, 0.25) is 0 Å². The van der Waals surface area contributed by atoms with Crippen molar-refractivity contribution in [2.24, 2.45) is 0 Å². The van der Waals surface area contributed by atoms with Crippen LogP contribution in [-0.4, -0.2) is 33.4 Å². The van der Waals surface area contributed by atoms with Crippen LogP contribution >= 0.6 is 22.6 Å². The van der Waals surface area contributed by atoms with Gasteiger partial charge in [-0.15, -0.1) is 0 Å². The number of halogens is 1. The summed E-state index contributed by atoms with van der Waals surface area (Å²) in [6.07, 6.45) is 0. The zero-order chi connectivity index (χ0) is 10.7. The molecule has 0 aliphatic carbocycles. The molecular weight excluding hydrogens is 305 g/mol. The lowest BCUT2D eigenvalue weighted by Crippen LogP contribution is -2.36. The van der Waals surface area contributed by atoms with Gasteiger partial charge in [-0.2, -0.15) is 0 Å². The molecule has 1 saturated heterocycles. The fraction of sp³-hybridized carbons (Fsp3) is 0.455. The van der Waals surface area contributed by atoms with Crippen LogP contribution in [0, 0.1) is 3.57 Å². The third kappa shape index (κ3) is 2.36. The molecule has 0 bridgehead atoms. The maximum Gasteiger partial charge on any atom is 0.134 e. The lowest BCUT2D eigenvalue weighted by Gasteiger charge is -2.30. The second kappa shape index (κ2) is 5.03. The first-order chi connectivity index (χ1) is 7.33. The summed E-state index contributed by atoms with van der Waals surface area (Å²) in [4.78, 5) is 2.34. The van der Waals surface area contributed by atoms with E-state index in [1.54, 1.807) is 7.11 Å². The zero-order valence-electron chi connectivity index (χ0n) is 8.70. The summed E-state index contributed by atoms with van der Waals surface area (Å²) in [5.74, 6) is 0.944. The molecule has 0 radical (unpaired) electrons. The first-order valence-electron chi connectivity index (χ1n) is 4.98. The SMILES string of the molecule is COc1cccc(N2CCOCC2)c1I. The van der Waals surface area contributed by atoms with E-state index in [-0.39, 0.29) is 0 Å². The lowest BCUT2D eigenvalue weighted by atomic mass is 10.2. The van der Waals surface area contributed by atoms with E-state index in [1.807, 2.05) is 12.1 Å². The number of anilines is 1. The van der Waals surface area contributed by atoms with Crippen LogP contribution in [0.15, 0.2) is 18.2 Å².